The van der Waals surface area contributed by atoms with Crippen molar-refractivity contribution >= 4 is 50.6 Å². The number of benzene rings is 2. The van der Waals surface area contributed by atoms with Gasteiger partial charge in [-0.3, -0.25) is 9.52 Å². The molecular formula is C23H18Cl2N4O5S. The van der Waals surface area contributed by atoms with Crippen molar-refractivity contribution in [3.8, 4) is 5.75 Å². The number of halogens is 2. The predicted molar refractivity (Wildman–Crippen MR) is 131 cm³/mol. The standard InChI is InChI=1S/C23H18Cl2N4O5S/c1-14-3-2-4-18(24)22(14)33-13-16-7-10-19(34-16)23(30)26-15-5-8-17(9-6-15)35(31,32)29-21-12-11-20(25)27-28-21/h2-12H,13H2,1H3,(H,26,30)(H,28,29). The molecule has 0 saturated carbocycles. The normalized spacial score (nSPS) is 11.2. The molecule has 0 unspecified atom stereocenters. The van der Waals surface area contributed by atoms with Crippen LogP contribution < -0.4 is 14.8 Å². The van der Waals surface area contributed by atoms with E-state index < -0.39 is 15.9 Å². The molecule has 2 N–H and O–H groups in total. The van der Waals surface area contributed by atoms with Crippen molar-refractivity contribution < 1.29 is 22.4 Å². The van der Waals surface area contributed by atoms with E-state index in [2.05, 4.69) is 20.2 Å². The molecule has 0 aliphatic heterocycles. The van der Waals surface area contributed by atoms with Crippen LogP contribution >= 0.6 is 23.2 Å². The summed E-state index contributed by atoms with van der Waals surface area (Å²) in [5.74, 6) is 0.570. The van der Waals surface area contributed by atoms with E-state index in [0.717, 1.165) is 5.56 Å². The summed E-state index contributed by atoms with van der Waals surface area (Å²) < 4.78 is 38.6. The van der Waals surface area contributed by atoms with Crippen LogP contribution in [-0.2, 0) is 16.6 Å². The number of rotatable bonds is 8. The number of anilines is 2. The van der Waals surface area contributed by atoms with Gasteiger partial charge in [0.15, 0.2) is 16.7 Å². The van der Waals surface area contributed by atoms with E-state index in [9.17, 15) is 13.2 Å². The van der Waals surface area contributed by atoms with Crippen molar-refractivity contribution in [3.05, 3.63) is 94.0 Å². The molecule has 1 amide bonds. The highest BCUT2D eigenvalue weighted by molar-refractivity contribution is 7.92. The maximum atomic E-state index is 12.5. The SMILES string of the molecule is Cc1cccc(Cl)c1OCc1ccc(C(=O)Nc2ccc(S(=O)(=O)Nc3ccc(Cl)nn3)cc2)o1. The Labute approximate surface area is 211 Å². The molecule has 0 spiro atoms. The molecule has 180 valence electrons. The van der Waals surface area contributed by atoms with Crippen molar-refractivity contribution in [3.63, 3.8) is 0 Å². The first-order chi connectivity index (χ1) is 16.7. The van der Waals surface area contributed by atoms with Gasteiger partial charge in [0.25, 0.3) is 15.9 Å². The summed E-state index contributed by atoms with van der Waals surface area (Å²) in [7, 11) is -3.91. The third kappa shape index (κ3) is 6.10. The summed E-state index contributed by atoms with van der Waals surface area (Å²) in [5, 5.41) is 10.5. The molecule has 0 aliphatic carbocycles. The molecule has 2 aromatic carbocycles. The van der Waals surface area contributed by atoms with E-state index in [1.165, 1.54) is 42.5 Å². The van der Waals surface area contributed by atoms with E-state index in [0.29, 0.717) is 22.2 Å². The predicted octanol–water partition coefficient (Wildman–Crippen LogP) is 5.32. The van der Waals surface area contributed by atoms with E-state index in [4.69, 9.17) is 32.4 Å². The first-order valence-electron chi connectivity index (χ1n) is 10.1. The van der Waals surface area contributed by atoms with Crippen LogP contribution in [0.2, 0.25) is 10.2 Å². The molecule has 2 aromatic heterocycles. The highest BCUT2D eigenvalue weighted by Crippen LogP contribution is 2.29. The average Bonchev–Trinajstić information content (AvgIpc) is 3.30. The Morgan fingerprint density at radius 2 is 1.77 bits per heavy atom. The minimum absolute atomic E-state index is 0.0223. The van der Waals surface area contributed by atoms with Gasteiger partial charge in [-0.15, -0.1) is 10.2 Å². The fraction of sp³-hybridized carbons (Fsp3) is 0.0870. The van der Waals surface area contributed by atoms with Crippen LogP contribution in [0.1, 0.15) is 21.9 Å². The monoisotopic (exact) mass is 532 g/mol. The summed E-state index contributed by atoms with van der Waals surface area (Å²) in [5.41, 5.74) is 1.25. The van der Waals surface area contributed by atoms with Crippen molar-refractivity contribution in [2.45, 2.75) is 18.4 Å². The van der Waals surface area contributed by atoms with Crippen LogP contribution in [0.4, 0.5) is 11.5 Å². The van der Waals surface area contributed by atoms with Gasteiger partial charge in [-0.1, -0.05) is 35.3 Å². The van der Waals surface area contributed by atoms with Crippen LogP contribution in [0.25, 0.3) is 0 Å². The lowest BCUT2D eigenvalue weighted by molar-refractivity contribution is 0.0992. The second-order valence-corrected chi connectivity index (χ2v) is 9.74. The van der Waals surface area contributed by atoms with Gasteiger partial charge in [-0.25, -0.2) is 8.42 Å². The number of amides is 1. The summed E-state index contributed by atoms with van der Waals surface area (Å²) in [6.45, 7) is 1.97. The number of nitrogens with one attached hydrogen (secondary N) is 2. The van der Waals surface area contributed by atoms with Crippen molar-refractivity contribution in [2.75, 3.05) is 10.0 Å². The molecule has 0 saturated heterocycles. The van der Waals surface area contributed by atoms with E-state index in [1.54, 1.807) is 12.1 Å². The molecule has 2 heterocycles. The third-order valence-corrected chi connectivity index (χ3v) is 6.57. The molecule has 4 aromatic rings. The number of sulfonamides is 1. The molecular weight excluding hydrogens is 515 g/mol. The number of para-hydroxylation sites is 1. The quantitative estimate of drug-likeness (QED) is 0.314. The molecule has 0 aliphatic rings. The Morgan fingerprint density at radius 1 is 1.00 bits per heavy atom. The van der Waals surface area contributed by atoms with Crippen LogP contribution in [0.3, 0.4) is 0 Å². The Hall–Kier alpha value is -3.60. The molecule has 0 radical (unpaired) electrons. The highest BCUT2D eigenvalue weighted by atomic mass is 35.5. The number of carbonyl (C=O) groups is 1. The van der Waals surface area contributed by atoms with E-state index in [-0.39, 0.29) is 28.2 Å². The minimum atomic E-state index is -3.91. The van der Waals surface area contributed by atoms with Gasteiger partial charge in [0, 0.05) is 5.69 Å². The molecule has 9 nitrogen and oxygen atoms in total. The molecule has 4 rings (SSSR count). The lowest BCUT2D eigenvalue weighted by Gasteiger charge is -2.09. The summed E-state index contributed by atoms with van der Waals surface area (Å²) in [6, 6.07) is 17.0. The zero-order valence-electron chi connectivity index (χ0n) is 18.2. The molecule has 0 atom stereocenters. The fourth-order valence-corrected chi connectivity index (χ4v) is 4.37. The first-order valence-corrected chi connectivity index (χ1v) is 12.4. The molecule has 12 heteroatoms. The van der Waals surface area contributed by atoms with Crippen LogP contribution in [0.5, 0.6) is 5.75 Å². The van der Waals surface area contributed by atoms with Gasteiger partial charge in [0.05, 0.1) is 9.92 Å². The maximum Gasteiger partial charge on any atom is 0.291 e. The number of hydrogen-bond acceptors (Lipinski definition) is 7. The second-order valence-electron chi connectivity index (χ2n) is 7.27. The van der Waals surface area contributed by atoms with Gasteiger partial charge in [0.1, 0.15) is 18.1 Å². The summed E-state index contributed by atoms with van der Waals surface area (Å²) >= 11 is 11.8. The first kappa shape index (κ1) is 24.5. The maximum absolute atomic E-state index is 12.5. The Balaban J connectivity index is 1.37. The number of furan rings is 1. The Bertz CT molecular complexity index is 1440. The van der Waals surface area contributed by atoms with Crippen molar-refractivity contribution in [1.29, 1.82) is 0 Å². The Morgan fingerprint density at radius 3 is 2.46 bits per heavy atom. The smallest absolute Gasteiger partial charge is 0.291 e. The van der Waals surface area contributed by atoms with Crippen LogP contribution in [0, 0.1) is 6.92 Å². The van der Waals surface area contributed by atoms with Gasteiger partial charge in [-0.05, 0) is 67.1 Å². The fourth-order valence-electron chi connectivity index (χ4n) is 3.00. The number of ether oxygens (including phenoxy) is 1. The van der Waals surface area contributed by atoms with Crippen molar-refractivity contribution in [2.24, 2.45) is 0 Å². The number of hydrogen-bond donors (Lipinski definition) is 2. The number of nitrogens with zero attached hydrogens (tertiary/aromatic N) is 2. The highest BCUT2D eigenvalue weighted by Gasteiger charge is 2.17. The number of aromatic nitrogens is 2. The molecule has 0 bridgehead atoms. The number of carbonyl (C=O) groups excluding carboxylic acids is 1. The number of aryl methyl sites for hydroxylation is 1. The molecule has 35 heavy (non-hydrogen) atoms. The van der Waals surface area contributed by atoms with E-state index >= 15 is 0 Å². The zero-order chi connectivity index (χ0) is 25.0. The second kappa shape index (κ2) is 10.3. The van der Waals surface area contributed by atoms with Gasteiger partial charge < -0.3 is 14.5 Å². The minimum Gasteiger partial charge on any atom is -0.484 e. The topological polar surface area (TPSA) is 123 Å². The summed E-state index contributed by atoms with van der Waals surface area (Å²) in [4.78, 5) is 12.5. The van der Waals surface area contributed by atoms with E-state index in [1.807, 2.05) is 19.1 Å². The lowest BCUT2D eigenvalue weighted by atomic mass is 10.2. The molecule has 0 fully saturated rings. The third-order valence-electron chi connectivity index (χ3n) is 4.70. The van der Waals surface area contributed by atoms with Crippen LogP contribution in [0.15, 0.2) is 76.0 Å². The van der Waals surface area contributed by atoms with Gasteiger partial charge in [0.2, 0.25) is 0 Å². The lowest BCUT2D eigenvalue weighted by Crippen LogP contribution is -2.15. The van der Waals surface area contributed by atoms with Crippen LogP contribution in [-0.4, -0.2) is 24.5 Å². The Kier molecular flexibility index (Phi) is 7.25. The summed E-state index contributed by atoms with van der Waals surface area (Å²) in [6.07, 6.45) is 0. The largest absolute Gasteiger partial charge is 0.484 e. The van der Waals surface area contributed by atoms with Gasteiger partial charge in [-0.2, -0.15) is 0 Å². The average molecular weight is 533 g/mol. The zero-order valence-corrected chi connectivity index (χ0v) is 20.5. The van der Waals surface area contributed by atoms with Gasteiger partial charge >= 0.3 is 0 Å². The van der Waals surface area contributed by atoms with Crippen molar-refractivity contribution in [1.82, 2.24) is 10.2 Å².